The Bertz CT molecular complexity index is 542. The first-order valence-corrected chi connectivity index (χ1v) is 5.06. The highest BCUT2D eigenvalue weighted by Gasteiger charge is 2.12. The molecule has 0 aliphatic rings. The third kappa shape index (κ3) is 1.82. The number of nitrogens with zero attached hydrogens (tertiary/aromatic N) is 1. The lowest BCUT2D eigenvalue weighted by Gasteiger charge is -1.99. The van der Waals surface area contributed by atoms with E-state index in [9.17, 15) is 4.79 Å². The van der Waals surface area contributed by atoms with Gasteiger partial charge in [-0.1, -0.05) is 17.7 Å². The molecule has 0 saturated heterocycles. The molecule has 0 unspecified atom stereocenters. The van der Waals surface area contributed by atoms with Crippen molar-refractivity contribution in [2.45, 2.75) is 6.92 Å². The van der Waals surface area contributed by atoms with E-state index in [1.165, 1.54) is 0 Å². The van der Waals surface area contributed by atoms with Gasteiger partial charge in [0.1, 0.15) is 0 Å². The zero-order valence-electron chi connectivity index (χ0n) is 9.08. The fourth-order valence-corrected chi connectivity index (χ4v) is 1.55. The first kappa shape index (κ1) is 10.4. The van der Waals surface area contributed by atoms with Gasteiger partial charge in [0.25, 0.3) is 5.91 Å². The number of aromatic amines is 1. The van der Waals surface area contributed by atoms with E-state index in [-0.39, 0.29) is 5.91 Å². The van der Waals surface area contributed by atoms with Crippen LogP contribution in [0.15, 0.2) is 30.9 Å². The van der Waals surface area contributed by atoms with Crippen LogP contribution in [-0.2, 0) is 0 Å². The van der Waals surface area contributed by atoms with Crippen molar-refractivity contribution in [3.8, 4) is 0 Å². The van der Waals surface area contributed by atoms with Crippen LogP contribution in [0.3, 0.4) is 0 Å². The van der Waals surface area contributed by atoms with Crippen molar-refractivity contribution in [2.24, 2.45) is 0 Å². The van der Waals surface area contributed by atoms with Crippen molar-refractivity contribution in [3.63, 3.8) is 0 Å². The second kappa shape index (κ2) is 4.18. The minimum absolute atomic E-state index is 0.184. The van der Waals surface area contributed by atoms with Crippen LogP contribution in [0, 0.1) is 6.92 Å². The Morgan fingerprint density at radius 1 is 1.62 bits per heavy atom. The van der Waals surface area contributed by atoms with E-state index in [1.54, 1.807) is 6.08 Å². The molecular formula is C12H13N3O. The summed E-state index contributed by atoms with van der Waals surface area (Å²) in [6, 6.07) is 5.84. The second-order valence-electron chi connectivity index (χ2n) is 3.62. The lowest BCUT2D eigenvalue weighted by molar-refractivity contribution is 0.0954. The number of carbonyl (C=O) groups is 1. The molecule has 0 saturated carbocycles. The standard InChI is InChI=1S/C12H13N3O/c1-3-6-13-12(16)11-9-7-8(2)4-5-10(9)14-15-11/h3-5,7H,1,6H2,2H3,(H,13,16)(H,14,15). The van der Waals surface area contributed by atoms with E-state index in [0.717, 1.165) is 16.5 Å². The topological polar surface area (TPSA) is 57.8 Å². The molecule has 0 atom stereocenters. The Hall–Kier alpha value is -2.10. The van der Waals surface area contributed by atoms with Crippen LogP contribution in [0.25, 0.3) is 10.9 Å². The number of nitrogens with one attached hydrogen (secondary N) is 2. The fourth-order valence-electron chi connectivity index (χ4n) is 1.55. The van der Waals surface area contributed by atoms with Gasteiger partial charge in [-0.15, -0.1) is 6.58 Å². The molecule has 4 heteroatoms. The van der Waals surface area contributed by atoms with Crippen LogP contribution in [0.4, 0.5) is 0 Å². The molecule has 1 heterocycles. The second-order valence-corrected chi connectivity index (χ2v) is 3.62. The summed E-state index contributed by atoms with van der Waals surface area (Å²) in [6.45, 7) is 5.97. The van der Waals surface area contributed by atoms with Crippen LogP contribution in [-0.4, -0.2) is 22.6 Å². The minimum atomic E-state index is -0.184. The maximum atomic E-state index is 11.7. The van der Waals surface area contributed by atoms with Crippen LogP contribution >= 0.6 is 0 Å². The highest BCUT2D eigenvalue weighted by atomic mass is 16.1. The number of benzene rings is 1. The normalized spacial score (nSPS) is 10.3. The van der Waals surface area contributed by atoms with Crippen molar-refractivity contribution in [2.75, 3.05) is 6.54 Å². The molecular weight excluding hydrogens is 202 g/mol. The molecule has 0 radical (unpaired) electrons. The summed E-state index contributed by atoms with van der Waals surface area (Å²) >= 11 is 0. The molecule has 0 spiro atoms. The van der Waals surface area contributed by atoms with Crippen molar-refractivity contribution in [3.05, 3.63) is 42.1 Å². The number of carbonyl (C=O) groups excluding carboxylic acids is 1. The lowest BCUT2D eigenvalue weighted by atomic mass is 10.1. The summed E-state index contributed by atoms with van der Waals surface area (Å²) < 4.78 is 0. The van der Waals surface area contributed by atoms with E-state index < -0.39 is 0 Å². The third-order valence-corrected chi connectivity index (χ3v) is 2.34. The average molecular weight is 215 g/mol. The number of H-pyrrole nitrogens is 1. The number of hydrogen-bond donors (Lipinski definition) is 2. The summed E-state index contributed by atoms with van der Waals surface area (Å²) in [5.41, 5.74) is 2.40. The molecule has 1 aromatic carbocycles. The number of fused-ring (bicyclic) bond motifs is 1. The van der Waals surface area contributed by atoms with Crippen LogP contribution in [0.1, 0.15) is 16.1 Å². The zero-order valence-corrected chi connectivity index (χ0v) is 9.08. The number of rotatable bonds is 3. The first-order valence-electron chi connectivity index (χ1n) is 5.06. The molecule has 2 aromatic rings. The quantitative estimate of drug-likeness (QED) is 0.767. The molecule has 16 heavy (non-hydrogen) atoms. The van der Waals surface area contributed by atoms with Gasteiger partial charge in [-0.2, -0.15) is 5.10 Å². The van der Waals surface area contributed by atoms with Gasteiger partial charge in [0, 0.05) is 11.9 Å². The maximum absolute atomic E-state index is 11.7. The first-order chi connectivity index (χ1) is 7.72. The van der Waals surface area contributed by atoms with Gasteiger partial charge in [-0.05, 0) is 19.1 Å². The Balaban J connectivity index is 2.40. The number of amides is 1. The van der Waals surface area contributed by atoms with E-state index in [1.807, 2.05) is 25.1 Å². The van der Waals surface area contributed by atoms with Gasteiger partial charge in [-0.3, -0.25) is 9.89 Å². The third-order valence-electron chi connectivity index (χ3n) is 2.34. The highest BCUT2D eigenvalue weighted by molar-refractivity contribution is 6.04. The molecule has 2 N–H and O–H groups in total. The van der Waals surface area contributed by atoms with Crippen LogP contribution in [0.5, 0.6) is 0 Å². The predicted octanol–water partition coefficient (Wildman–Crippen LogP) is 1.79. The molecule has 0 aliphatic heterocycles. The van der Waals surface area contributed by atoms with Crippen molar-refractivity contribution < 1.29 is 4.79 Å². The van der Waals surface area contributed by atoms with Crippen LogP contribution in [0.2, 0.25) is 0 Å². The molecule has 1 amide bonds. The zero-order chi connectivity index (χ0) is 11.5. The van der Waals surface area contributed by atoms with Crippen molar-refractivity contribution in [1.29, 1.82) is 0 Å². The smallest absolute Gasteiger partial charge is 0.272 e. The Kier molecular flexibility index (Phi) is 2.72. The van der Waals surface area contributed by atoms with Gasteiger partial charge in [0.05, 0.1) is 5.52 Å². The van der Waals surface area contributed by atoms with E-state index >= 15 is 0 Å². The van der Waals surface area contributed by atoms with E-state index in [2.05, 4.69) is 22.1 Å². The van der Waals surface area contributed by atoms with Crippen molar-refractivity contribution in [1.82, 2.24) is 15.5 Å². The van der Waals surface area contributed by atoms with Gasteiger partial charge < -0.3 is 5.32 Å². The van der Waals surface area contributed by atoms with Gasteiger partial charge in [-0.25, -0.2) is 0 Å². The summed E-state index contributed by atoms with van der Waals surface area (Å²) in [4.78, 5) is 11.7. The monoisotopic (exact) mass is 215 g/mol. The van der Waals surface area contributed by atoms with Crippen molar-refractivity contribution >= 4 is 16.8 Å². The largest absolute Gasteiger partial charge is 0.347 e. The molecule has 1 aromatic heterocycles. The van der Waals surface area contributed by atoms with Gasteiger partial charge >= 0.3 is 0 Å². The Morgan fingerprint density at radius 2 is 2.44 bits per heavy atom. The molecule has 0 bridgehead atoms. The summed E-state index contributed by atoms with van der Waals surface area (Å²) in [7, 11) is 0. The van der Waals surface area contributed by atoms with E-state index in [0.29, 0.717) is 12.2 Å². The lowest BCUT2D eigenvalue weighted by Crippen LogP contribution is -2.23. The number of aryl methyl sites for hydroxylation is 1. The number of aromatic nitrogens is 2. The summed E-state index contributed by atoms with van der Waals surface area (Å²) in [6.07, 6.45) is 1.64. The fraction of sp³-hybridized carbons (Fsp3) is 0.167. The molecule has 0 fully saturated rings. The summed E-state index contributed by atoms with van der Waals surface area (Å²) in [5, 5.41) is 10.4. The maximum Gasteiger partial charge on any atom is 0.272 e. The molecule has 82 valence electrons. The summed E-state index contributed by atoms with van der Waals surface area (Å²) in [5.74, 6) is -0.184. The Morgan fingerprint density at radius 3 is 3.19 bits per heavy atom. The van der Waals surface area contributed by atoms with Crippen LogP contribution < -0.4 is 5.32 Å². The predicted molar refractivity (Wildman–Crippen MR) is 63.4 cm³/mol. The average Bonchev–Trinajstić information content (AvgIpc) is 2.68. The molecule has 4 nitrogen and oxygen atoms in total. The van der Waals surface area contributed by atoms with E-state index in [4.69, 9.17) is 0 Å². The van der Waals surface area contributed by atoms with Gasteiger partial charge in [0.2, 0.25) is 0 Å². The van der Waals surface area contributed by atoms with Gasteiger partial charge in [0.15, 0.2) is 5.69 Å². The number of hydrogen-bond acceptors (Lipinski definition) is 2. The molecule has 2 rings (SSSR count). The SMILES string of the molecule is C=CCNC(=O)c1n[nH]c2ccc(C)cc12. The Labute approximate surface area is 93.4 Å². The molecule has 0 aliphatic carbocycles. The highest BCUT2D eigenvalue weighted by Crippen LogP contribution is 2.17. The minimum Gasteiger partial charge on any atom is -0.347 e.